The highest BCUT2D eigenvalue weighted by Gasteiger charge is 2.34. The van der Waals surface area contributed by atoms with Crippen molar-refractivity contribution >= 4 is 44.6 Å². The maximum atomic E-state index is 12.0. The Morgan fingerprint density at radius 3 is 2.58 bits per heavy atom. The summed E-state index contributed by atoms with van der Waals surface area (Å²) in [6, 6.07) is 5.28. The summed E-state index contributed by atoms with van der Waals surface area (Å²) in [4.78, 5) is 0. The lowest BCUT2D eigenvalue weighted by Crippen LogP contribution is -2.36. The van der Waals surface area contributed by atoms with E-state index in [2.05, 4.69) is 0 Å². The van der Waals surface area contributed by atoms with Crippen LogP contribution in [-0.2, 0) is 16.3 Å². The van der Waals surface area contributed by atoms with Crippen molar-refractivity contribution in [3.8, 4) is 0 Å². The van der Waals surface area contributed by atoms with Crippen molar-refractivity contribution in [2.24, 2.45) is 0 Å². The molecule has 2 nitrogen and oxygen atoms in total. The molecule has 6 heteroatoms. The van der Waals surface area contributed by atoms with Gasteiger partial charge < -0.3 is 0 Å². The van der Waals surface area contributed by atoms with Crippen LogP contribution in [-0.4, -0.2) is 24.8 Å². The molecule has 1 aliphatic rings. The van der Waals surface area contributed by atoms with Crippen molar-refractivity contribution in [3.63, 3.8) is 0 Å². The van der Waals surface area contributed by atoms with Gasteiger partial charge in [0.05, 0.1) is 26.4 Å². The van der Waals surface area contributed by atoms with Crippen LogP contribution in [0.25, 0.3) is 0 Å². The van der Waals surface area contributed by atoms with Gasteiger partial charge in [0, 0.05) is 0 Å². The number of rotatable bonds is 3. The molecule has 0 N–H and O–H groups in total. The topological polar surface area (TPSA) is 34.1 Å². The minimum atomic E-state index is -3.05. The third-order valence-corrected chi connectivity index (χ3v) is 7.14. The molecule has 0 saturated carbocycles. The molecule has 1 aromatic rings. The standard InChI is InChI=1S/C13H15Cl3O2S/c14-10-5-4-9(7-11(10)15)8-12(16)13-3-1-2-6-19(13,17)18/h4-5,7,12-13H,1-3,6,8H2. The Kier molecular flexibility index (Phi) is 5.04. The molecule has 1 fully saturated rings. The third-order valence-electron chi connectivity index (χ3n) is 3.45. The summed E-state index contributed by atoms with van der Waals surface area (Å²) in [5, 5.41) is 0.0938. The molecular formula is C13H15Cl3O2S. The van der Waals surface area contributed by atoms with Crippen LogP contribution in [0.15, 0.2) is 18.2 Å². The number of alkyl halides is 1. The maximum Gasteiger partial charge on any atom is 0.154 e. The van der Waals surface area contributed by atoms with Crippen LogP contribution in [0.2, 0.25) is 10.0 Å². The second-order valence-electron chi connectivity index (χ2n) is 4.87. The largest absolute Gasteiger partial charge is 0.228 e. The highest BCUT2D eigenvalue weighted by Crippen LogP contribution is 2.29. The van der Waals surface area contributed by atoms with E-state index in [4.69, 9.17) is 34.8 Å². The lowest BCUT2D eigenvalue weighted by Gasteiger charge is -2.26. The smallest absolute Gasteiger partial charge is 0.154 e. The van der Waals surface area contributed by atoms with Crippen LogP contribution >= 0.6 is 34.8 Å². The average molecular weight is 342 g/mol. The zero-order valence-corrected chi connectivity index (χ0v) is 13.4. The van der Waals surface area contributed by atoms with Gasteiger partial charge in [-0.3, -0.25) is 0 Å². The Hall–Kier alpha value is 0.0400. The van der Waals surface area contributed by atoms with Crippen molar-refractivity contribution in [3.05, 3.63) is 33.8 Å². The number of benzene rings is 1. The molecule has 0 radical (unpaired) electrons. The fourth-order valence-corrected chi connectivity index (χ4v) is 5.48. The lowest BCUT2D eigenvalue weighted by molar-refractivity contribution is 0.529. The quantitative estimate of drug-likeness (QED) is 0.775. The van der Waals surface area contributed by atoms with Gasteiger partial charge in [-0.25, -0.2) is 8.42 Å². The molecule has 0 spiro atoms. The van der Waals surface area contributed by atoms with Gasteiger partial charge in [0.2, 0.25) is 0 Å². The number of hydrogen-bond donors (Lipinski definition) is 0. The summed E-state index contributed by atoms with van der Waals surface area (Å²) in [5.74, 6) is 0.252. The monoisotopic (exact) mass is 340 g/mol. The van der Waals surface area contributed by atoms with E-state index >= 15 is 0 Å². The van der Waals surface area contributed by atoms with Gasteiger partial charge in [-0.15, -0.1) is 11.6 Å². The Bertz CT molecular complexity index is 557. The summed E-state index contributed by atoms with van der Waals surface area (Å²) in [6.45, 7) is 0. The second-order valence-corrected chi connectivity index (χ2v) is 8.58. The Morgan fingerprint density at radius 2 is 1.95 bits per heavy atom. The number of sulfone groups is 1. The molecule has 1 saturated heterocycles. The predicted molar refractivity (Wildman–Crippen MR) is 81.2 cm³/mol. The van der Waals surface area contributed by atoms with Gasteiger partial charge >= 0.3 is 0 Å². The third kappa shape index (κ3) is 3.78. The zero-order valence-electron chi connectivity index (χ0n) is 10.3. The van der Waals surface area contributed by atoms with E-state index in [0.29, 0.717) is 22.9 Å². The van der Waals surface area contributed by atoms with E-state index in [-0.39, 0.29) is 5.75 Å². The summed E-state index contributed by atoms with van der Waals surface area (Å²) in [7, 11) is -3.05. The van der Waals surface area contributed by atoms with Gasteiger partial charge in [0.1, 0.15) is 0 Å². The summed E-state index contributed by atoms with van der Waals surface area (Å²) in [5.41, 5.74) is 0.912. The normalized spacial score (nSPS) is 24.1. The molecule has 0 bridgehead atoms. The molecule has 1 aliphatic heterocycles. The zero-order chi connectivity index (χ0) is 14.0. The molecule has 0 amide bonds. The number of hydrogen-bond acceptors (Lipinski definition) is 2. The van der Waals surface area contributed by atoms with Gasteiger partial charge in [0.15, 0.2) is 9.84 Å². The van der Waals surface area contributed by atoms with Gasteiger partial charge in [-0.2, -0.15) is 0 Å². The van der Waals surface area contributed by atoms with Gasteiger partial charge in [-0.05, 0) is 37.0 Å². The molecule has 2 unspecified atom stereocenters. The second kappa shape index (κ2) is 6.21. The fraction of sp³-hybridized carbons (Fsp3) is 0.538. The highest BCUT2D eigenvalue weighted by atomic mass is 35.5. The summed E-state index contributed by atoms with van der Waals surface area (Å²) in [6.07, 6.45) is 2.81. The predicted octanol–water partition coefficient (Wildman–Crippen LogP) is 4.11. The van der Waals surface area contributed by atoms with E-state index < -0.39 is 20.5 Å². The van der Waals surface area contributed by atoms with Crippen molar-refractivity contribution in [2.45, 2.75) is 36.3 Å². The van der Waals surface area contributed by atoms with E-state index in [1.165, 1.54) is 0 Å². The number of halogens is 3. The SMILES string of the molecule is O=S1(=O)CCCCC1C(Cl)Cc1ccc(Cl)c(Cl)c1. The minimum absolute atomic E-state index is 0.252. The molecule has 2 atom stereocenters. The first-order valence-electron chi connectivity index (χ1n) is 6.20. The molecule has 0 aromatic heterocycles. The van der Waals surface area contributed by atoms with Crippen LogP contribution in [0.3, 0.4) is 0 Å². The van der Waals surface area contributed by atoms with E-state index in [0.717, 1.165) is 18.4 Å². The average Bonchev–Trinajstić information content (AvgIpc) is 2.33. The summed E-state index contributed by atoms with van der Waals surface area (Å²) >= 11 is 18.1. The van der Waals surface area contributed by atoms with Crippen molar-refractivity contribution in [1.29, 1.82) is 0 Å². The molecular weight excluding hydrogens is 327 g/mol. The molecule has 1 heterocycles. The maximum absolute atomic E-state index is 12.0. The van der Waals surface area contributed by atoms with Crippen molar-refractivity contribution in [1.82, 2.24) is 0 Å². The first kappa shape index (κ1) is 15.4. The van der Waals surface area contributed by atoms with Crippen LogP contribution in [0.5, 0.6) is 0 Å². The first-order chi connectivity index (χ1) is 8.90. The van der Waals surface area contributed by atoms with E-state index in [1.54, 1.807) is 12.1 Å². The molecule has 106 valence electrons. The van der Waals surface area contributed by atoms with Gasteiger partial charge in [0.25, 0.3) is 0 Å². The van der Waals surface area contributed by atoms with Crippen LogP contribution < -0.4 is 0 Å². The molecule has 19 heavy (non-hydrogen) atoms. The molecule has 0 aliphatic carbocycles. The van der Waals surface area contributed by atoms with Crippen molar-refractivity contribution in [2.75, 3.05) is 5.75 Å². The van der Waals surface area contributed by atoms with Crippen molar-refractivity contribution < 1.29 is 8.42 Å². The van der Waals surface area contributed by atoms with Crippen LogP contribution in [0.1, 0.15) is 24.8 Å². The first-order valence-corrected chi connectivity index (χ1v) is 9.10. The van der Waals surface area contributed by atoms with E-state index in [9.17, 15) is 8.42 Å². The highest BCUT2D eigenvalue weighted by molar-refractivity contribution is 7.92. The van der Waals surface area contributed by atoms with Crippen LogP contribution in [0.4, 0.5) is 0 Å². The lowest BCUT2D eigenvalue weighted by atomic mass is 10.0. The van der Waals surface area contributed by atoms with Crippen LogP contribution in [0, 0.1) is 0 Å². The van der Waals surface area contributed by atoms with Gasteiger partial charge in [-0.1, -0.05) is 35.7 Å². The summed E-state index contributed by atoms with van der Waals surface area (Å²) < 4.78 is 24.0. The molecule has 2 rings (SSSR count). The Balaban J connectivity index is 2.11. The molecule has 1 aromatic carbocycles. The van der Waals surface area contributed by atoms with E-state index in [1.807, 2.05) is 6.07 Å². The fourth-order valence-electron chi connectivity index (χ4n) is 2.41. The Morgan fingerprint density at radius 1 is 1.21 bits per heavy atom. The Labute approximate surface area is 129 Å². The minimum Gasteiger partial charge on any atom is -0.228 e.